The van der Waals surface area contributed by atoms with E-state index in [1.54, 1.807) is 0 Å². The summed E-state index contributed by atoms with van der Waals surface area (Å²) in [5, 5.41) is 0. The molecule has 0 aliphatic rings. The van der Waals surface area contributed by atoms with Gasteiger partial charge in [-0.3, -0.25) is 4.79 Å². The normalized spacial score (nSPS) is 10.7. The van der Waals surface area contributed by atoms with Gasteiger partial charge in [-0.05, 0) is 45.4 Å². The second kappa shape index (κ2) is 6.57. The summed E-state index contributed by atoms with van der Waals surface area (Å²) in [7, 11) is 0. The van der Waals surface area contributed by atoms with E-state index in [9.17, 15) is 4.79 Å². The quantitative estimate of drug-likeness (QED) is 0.754. The molecular weight excluding hydrogens is 260 g/mol. The van der Waals surface area contributed by atoms with E-state index in [-0.39, 0.29) is 11.9 Å². The number of hydrogen-bond donors (Lipinski definition) is 0. The Morgan fingerprint density at radius 2 is 1.67 bits per heavy atom. The third-order valence-electron chi connectivity index (χ3n) is 3.20. The molecule has 0 spiro atoms. The van der Waals surface area contributed by atoms with Gasteiger partial charge >= 0.3 is 0 Å². The van der Waals surface area contributed by atoms with E-state index in [1.807, 2.05) is 38.1 Å². The predicted octanol–water partition coefficient (Wildman–Crippen LogP) is 4.52. The molecule has 0 saturated heterocycles. The molecule has 0 N–H and O–H groups in total. The SMILES string of the molecule is Cc1cc(C)cc(CC(=O)c2ccccc2OC(C)C)c1. The third-order valence-corrected chi connectivity index (χ3v) is 3.20. The first kappa shape index (κ1) is 15.3. The van der Waals surface area contributed by atoms with Crippen molar-refractivity contribution < 1.29 is 9.53 Å². The molecule has 2 rings (SSSR count). The van der Waals surface area contributed by atoms with Crippen LogP contribution in [0.5, 0.6) is 5.75 Å². The van der Waals surface area contributed by atoms with Gasteiger partial charge in [0.1, 0.15) is 5.75 Å². The summed E-state index contributed by atoms with van der Waals surface area (Å²) < 4.78 is 5.73. The van der Waals surface area contributed by atoms with Crippen LogP contribution < -0.4 is 4.74 Å². The fraction of sp³-hybridized carbons (Fsp3) is 0.316. The highest BCUT2D eigenvalue weighted by molar-refractivity contribution is 6.00. The Labute approximate surface area is 126 Å². The molecule has 0 aliphatic heterocycles. The fourth-order valence-corrected chi connectivity index (χ4v) is 2.51. The van der Waals surface area contributed by atoms with Crippen LogP contribution in [0, 0.1) is 13.8 Å². The van der Waals surface area contributed by atoms with E-state index in [2.05, 4.69) is 32.0 Å². The molecule has 2 aromatic carbocycles. The minimum atomic E-state index is 0.0557. The van der Waals surface area contributed by atoms with Crippen LogP contribution in [0.15, 0.2) is 42.5 Å². The fourth-order valence-electron chi connectivity index (χ4n) is 2.51. The van der Waals surface area contributed by atoms with Crippen LogP contribution >= 0.6 is 0 Å². The number of para-hydroxylation sites is 1. The zero-order valence-corrected chi connectivity index (χ0v) is 13.1. The summed E-state index contributed by atoms with van der Waals surface area (Å²) in [6, 6.07) is 13.7. The maximum Gasteiger partial charge on any atom is 0.170 e. The molecule has 2 nitrogen and oxygen atoms in total. The molecule has 21 heavy (non-hydrogen) atoms. The highest BCUT2D eigenvalue weighted by Gasteiger charge is 2.14. The van der Waals surface area contributed by atoms with Crippen molar-refractivity contribution in [1.82, 2.24) is 0 Å². The summed E-state index contributed by atoms with van der Waals surface area (Å²) in [4.78, 5) is 12.6. The molecule has 110 valence electrons. The summed E-state index contributed by atoms with van der Waals surface area (Å²) in [6.07, 6.45) is 0.459. The van der Waals surface area contributed by atoms with Crippen LogP contribution in [-0.2, 0) is 6.42 Å². The average molecular weight is 282 g/mol. The van der Waals surface area contributed by atoms with Crippen LogP contribution in [-0.4, -0.2) is 11.9 Å². The van der Waals surface area contributed by atoms with Crippen LogP contribution in [0.1, 0.15) is 40.9 Å². The molecule has 0 aromatic heterocycles. The lowest BCUT2D eigenvalue weighted by Gasteiger charge is -2.13. The number of carbonyl (C=O) groups is 1. The van der Waals surface area contributed by atoms with Crippen LogP contribution in [0.2, 0.25) is 0 Å². The number of Topliss-reactive ketones (excluding diaryl/α,β-unsaturated/α-hetero) is 1. The lowest BCUT2D eigenvalue weighted by molar-refractivity contribution is 0.0987. The Kier molecular flexibility index (Phi) is 4.79. The molecule has 0 atom stereocenters. The van der Waals surface area contributed by atoms with Crippen LogP contribution in [0.3, 0.4) is 0 Å². The molecule has 0 fully saturated rings. The van der Waals surface area contributed by atoms with Gasteiger partial charge in [-0.25, -0.2) is 0 Å². The molecule has 0 amide bonds. The number of aryl methyl sites for hydroxylation is 2. The number of ether oxygens (including phenoxy) is 1. The number of hydrogen-bond acceptors (Lipinski definition) is 2. The number of benzene rings is 2. The van der Waals surface area contributed by atoms with Gasteiger partial charge in [0.05, 0.1) is 11.7 Å². The summed E-state index contributed by atoms with van der Waals surface area (Å²) in [6.45, 7) is 8.03. The van der Waals surface area contributed by atoms with Crippen molar-refractivity contribution in [2.45, 2.75) is 40.2 Å². The van der Waals surface area contributed by atoms with E-state index < -0.39 is 0 Å². The molecule has 0 bridgehead atoms. The van der Waals surface area contributed by atoms with Crippen molar-refractivity contribution in [1.29, 1.82) is 0 Å². The largest absolute Gasteiger partial charge is 0.490 e. The van der Waals surface area contributed by atoms with E-state index in [4.69, 9.17) is 4.74 Å². The van der Waals surface area contributed by atoms with Crippen molar-refractivity contribution in [3.63, 3.8) is 0 Å². The summed E-state index contributed by atoms with van der Waals surface area (Å²) in [5.74, 6) is 0.762. The van der Waals surface area contributed by atoms with Gasteiger partial charge < -0.3 is 4.74 Å². The number of ketones is 1. The van der Waals surface area contributed by atoms with Crippen molar-refractivity contribution in [3.05, 3.63) is 64.7 Å². The standard InChI is InChI=1S/C19H22O2/c1-13(2)21-19-8-6-5-7-17(19)18(20)12-16-10-14(3)9-15(4)11-16/h5-11,13H,12H2,1-4H3. The van der Waals surface area contributed by atoms with E-state index >= 15 is 0 Å². The molecule has 2 aromatic rings. The minimum absolute atomic E-state index is 0.0557. The smallest absolute Gasteiger partial charge is 0.170 e. The lowest BCUT2D eigenvalue weighted by Crippen LogP contribution is -2.11. The third kappa shape index (κ3) is 4.19. The molecule has 2 heteroatoms. The number of carbonyl (C=O) groups excluding carboxylic acids is 1. The van der Waals surface area contributed by atoms with Crippen molar-refractivity contribution >= 4 is 5.78 Å². The van der Waals surface area contributed by atoms with Gasteiger partial charge in [-0.1, -0.05) is 41.5 Å². The molecular formula is C19H22O2. The first-order valence-corrected chi connectivity index (χ1v) is 7.32. The second-order valence-corrected chi connectivity index (χ2v) is 5.76. The van der Waals surface area contributed by atoms with Gasteiger partial charge in [0.2, 0.25) is 0 Å². The first-order chi connectivity index (χ1) is 9.95. The van der Waals surface area contributed by atoms with Crippen LogP contribution in [0.4, 0.5) is 0 Å². The topological polar surface area (TPSA) is 26.3 Å². The Hall–Kier alpha value is -2.09. The summed E-state index contributed by atoms with van der Waals surface area (Å²) in [5.41, 5.74) is 4.08. The van der Waals surface area contributed by atoms with Gasteiger partial charge in [0.15, 0.2) is 5.78 Å². The van der Waals surface area contributed by atoms with Gasteiger partial charge in [-0.2, -0.15) is 0 Å². The maximum atomic E-state index is 12.6. The number of rotatable bonds is 5. The van der Waals surface area contributed by atoms with Gasteiger partial charge in [0.25, 0.3) is 0 Å². The highest BCUT2D eigenvalue weighted by Crippen LogP contribution is 2.22. The molecule has 0 aliphatic carbocycles. The Morgan fingerprint density at radius 1 is 1.05 bits per heavy atom. The first-order valence-electron chi connectivity index (χ1n) is 7.32. The molecule has 0 heterocycles. The Morgan fingerprint density at radius 3 is 2.29 bits per heavy atom. The monoisotopic (exact) mass is 282 g/mol. The van der Waals surface area contributed by atoms with E-state index in [0.29, 0.717) is 17.7 Å². The minimum Gasteiger partial charge on any atom is -0.490 e. The molecule has 0 saturated carbocycles. The second-order valence-electron chi connectivity index (χ2n) is 5.76. The zero-order valence-electron chi connectivity index (χ0n) is 13.1. The van der Waals surface area contributed by atoms with E-state index in [0.717, 1.165) is 5.56 Å². The van der Waals surface area contributed by atoms with Gasteiger partial charge in [-0.15, -0.1) is 0 Å². The summed E-state index contributed by atoms with van der Waals surface area (Å²) >= 11 is 0. The van der Waals surface area contributed by atoms with Crippen LogP contribution in [0.25, 0.3) is 0 Å². The van der Waals surface area contributed by atoms with Crippen molar-refractivity contribution in [2.75, 3.05) is 0 Å². The molecule has 0 unspecified atom stereocenters. The lowest BCUT2D eigenvalue weighted by atomic mass is 9.99. The maximum absolute atomic E-state index is 12.6. The van der Waals surface area contributed by atoms with Crippen molar-refractivity contribution in [3.8, 4) is 5.75 Å². The zero-order chi connectivity index (χ0) is 15.4. The highest BCUT2D eigenvalue weighted by atomic mass is 16.5. The molecule has 0 radical (unpaired) electrons. The Bertz CT molecular complexity index is 622. The van der Waals surface area contributed by atoms with E-state index in [1.165, 1.54) is 11.1 Å². The average Bonchev–Trinajstić information content (AvgIpc) is 2.37. The Balaban J connectivity index is 2.24. The van der Waals surface area contributed by atoms with Gasteiger partial charge in [0, 0.05) is 6.42 Å². The van der Waals surface area contributed by atoms with Crippen molar-refractivity contribution in [2.24, 2.45) is 0 Å². The predicted molar refractivity (Wildman–Crippen MR) is 86.2 cm³/mol.